The highest BCUT2D eigenvalue weighted by atomic mass is 19.3. The molecule has 1 saturated carbocycles. The molecule has 1 aromatic rings. The number of carbonyl (C=O) groups is 2. The van der Waals surface area contributed by atoms with Gasteiger partial charge in [0, 0.05) is 0 Å². The van der Waals surface area contributed by atoms with E-state index in [1.807, 2.05) is 0 Å². The lowest BCUT2D eigenvalue weighted by molar-refractivity contribution is -0.187. The Labute approximate surface area is 156 Å². The number of esters is 1. The minimum absolute atomic E-state index is 0.00337. The maximum atomic E-state index is 14.0. The molecule has 1 atom stereocenters. The molecule has 7 heteroatoms. The smallest absolute Gasteiger partial charge is 0.378 e. The second kappa shape index (κ2) is 7.90. The van der Waals surface area contributed by atoms with Crippen molar-refractivity contribution in [3.8, 4) is 0 Å². The van der Waals surface area contributed by atoms with Gasteiger partial charge in [-0.1, -0.05) is 33.6 Å². The van der Waals surface area contributed by atoms with Crippen LogP contribution in [0.3, 0.4) is 0 Å². The summed E-state index contributed by atoms with van der Waals surface area (Å²) in [6.45, 7) is 4.75. The van der Waals surface area contributed by atoms with Crippen molar-refractivity contribution in [1.29, 1.82) is 0 Å². The van der Waals surface area contributed by atoms with Gasteiger partial charge in [0.05, 0.1) is 5.56 Å². The monoisotopic (exact) mass is 386 g/mol. The first-order valence-corrected chi connectivity index (χ1v) is 9.07. The Kier molecular flexibility index (Phi) is 6.22. The van der Waals surface area contributed by atoms with Crippen molar-refractivity contribution >= 4 is 11.9 Å². The van der Waals surface area contributed by atoms with Crippen LogP contribution in [0.5, 0.6) is 0 Å². The number of ether oxygens (including phenoxy) is 1. The van der Waals surface area contributed by atoms with E-state index in [0.29, 0.717) is 12.0 Å². The summed E-state index contributed by atoms with van der Waals surface area (Å²) in [6, 6.07) is 3.50. The number of carboxylic acid groups (broad SMARTS) is 1. The van der Waals surface area contributed by atoms with Crippen molar-refractivity contribution in [2.45, 2.75) is 64.9 Å². The lowest BCUT2D eigenvalue weighted by Crippen LogP contribution is -2.47. The molecule has 1 unspecified atom stereocenters. The van der Waals surface area contributed by atoms with Crippen molar-refractivity contribution in [3.63, 3.8) is 0 Å². The minimum Gasteiger partial charge on any atom is -0.477 e. The molecule has 0 aliphatic heterocycles. The fraction of sp³-hybridized carbons (Fsp3) is 0.600. The average Bonchev–Trinajstić information content (AvgIpc) is 2.98. The van der Waals surface area contributed by atoms with Gasteiger partial charge in [-0.05, 0) is 54.4 Å². The lowest BCUT2D eigenvalue weighted by Gasteiger charge is -2.28. The molecule has 0 radical (unpaired) electrons. The normalized spacial score (nSPS) is 17.7. The molecular formula is C20H25F3O4. The number of alkyl halides is 2. The average molecular weight is 386 g/mol. The summed E-state index contributed by atoms with van der Waals surface area (Å²) in [5, 5.41) is 8.77. The van der Waals surface area contributed by atoms with Gasteiger partial charge in [-0.15, -0.1) is 0 Å². The van der Waals surface area contributed by atoms with Gasteiger partial charge >= 0.3 is 17.9 Å². The van der Waals surface area contributed by atoms with Crippen molar-refractivity contribution in [1.82, 2.24) is 0 Å². The zero-order chi connectivity index (χ0) is 20.4. The Bertz CT molecular complexity index is 709. The topological polar surface area (TPSA) is 63.6 Å². The number of aliphatic carboxylic acids is 1. The zero-order valence-corrected chi connectivity index (χ0v) is 15.7. The molecule has 0 amide bonds. The number of halogens is 3. The Morgan fingerprint density at radius 1 is 1.26 bits per heavy atom. The largest absolute Gasteiger partial charge is 0.477 e. The van der Waals surface area contributed by atoms with Crippen molar-refractivity contribution in [2.75, 3.05) is 0 Å². The summed E-state index contributed by atoms with van der Waals surface area (Å²) in [4.78, 5) is 23.4. The summed E-state index contributed by atoms with van der Waals surface area (Å²) in [5.41, 5.74) is 0.299. The van der Waals surface area contributed by atoms with E-state index in [-0.39, 0.29) is 11.0 Å². The van der Waals surface area contributed by atoms with E-state index < -0.39 is 35.7 Å². The fourth-order valence-corrected chi connectivity index (χ4v) is 3.70. The molecule has 1 fully saturated rings. The second-order valence-corrected chi connectivity index (χ2v) is 7.99. The molecule has 27 heavy (non-hydrogen) atoms. The molecule has 150 valence electrons. The van der Waals surface area contributed by atoms with Crippen LogP contribution in [0, 0.1) is 17.2 Å². The molecular weight excluding hydrogens is 361 g/mol. The number of carbonyl (C=O) groups excluding carboxylic acids is 1. The minimum atomic E-state index is -4.22. The Morgan fingerprint density at radius 3 is 2.37 bits per heavy atom. The SMILES string of the molecule is CC(C)C(OC(=O)c1ccc(F)cc1CC1(C)CCCC1)C(F)(F)C(=O)O. The van der Waals surface area contributed by atoms with E-state index in [1.54, 1.807) is 0 Å². The van der Waals surface area contributed by atoms with Crippen LogP contribution < -0.4 is 0 Å². The van der Waals surface area contributed by atoms with E-state index >= 15 is 0 Å². The quantitative estimate of drug-likeness (QED) is 0.681. The van der Waals surface area contributed by atoms with Gasteiger partial charge in [-0.25, -0.2) is 14.0 Å². The van der Waals surface area contributed by atoms with Crippen LogP contribution in [-0.2, 0) is 16.0 Å². The second-order valence-electron chi connectivity index (χ2n) is 7.99. The van der Waals surface area contributed by atoms with Crippen LogP contribution >= 0.6 is 0 Å². The van der Waals surface area contributed by atoms with Crippen molar-refractivity contribution in [3.05, 3.63) is 35.1 Å². The summed E-state index contributed by atoms with van der Waals surface area (Å²) in [6.07, 6.45) is 2.27. The molecule has 0 saturated heterocycles. The van der Waals surface area contributed by atoms with Gasteiger partial charge in [0.25, 0.3) is 0 Å². The number of hydrogen-bond acceptors (Lipinski definition) is 3. The highest BCUT2D eigenvalue weighted by molar-refractivity contribution is 5.91. The molecule has 0 bridgehead atoms. The molecule has 2 rings (SSSR count). The third-order valence-corrected chi connectivity index (χ3v) is 5.20. The number of benzene rings is 1. The van der Waals surface area contributed by atoms with Gasteiger partial charge in [0.15, 0.2) is 6.10 Å². The predicted molar refractivity (Wildman–Crippen MR) is 93.3 cm³/mol. The number of rotatable bonds is 7. The molecule has 0 aromatic heterocycles. The lowest BCUT2D eigenvalue weighted by atomic mass is 9.81. The highest BCUT2D eigenvalue weighted by Crippen LogP contribution is 2.41. The van der Waals surface area contributed by atoms with Gasteiger partial charge in [-0.3, -0.25) is 0 Å². The predicted octanol–water partition coefficient (Wildman–Crippen LogP) is 4.85. The summed E-state index contributed by atoms with van der Waals surface area (Å²) in [5.74, 6) is -9.09. The van der Waals surface area contributed by atoms with Crippen LogP contribution in [0.15, 0.2) is 18.2 Å². The molecule has 0 spiro atoms. The third kappa shape index (κ3) is 4.82. The standard InChI is InChI=1S/C20H25F3O4/c1-12(2)16(20(22,23)18(25)26)27-17(24)15-7-6-14(21)10-13(15)11-19(3)8-4-5-9-19/h6-7,10,12,16H,4-5,8-9,11H2,1-3H3,(H,25,26). The Morgan fingerprint density at radius 2 is 1.85 bits per heavy atom. The van der Waals surface area contributed by atoms with E-state index in [4.69, 9.17) is 9.84 Å². The van der Waals surface area contributed by atoms with E-state index in [2.05, 4.69) is 6.92 Å². The molecule has 1 N–H and O–H groups in total. The number of carboxylic acids is 1. The maximum Gasteiger partial charge on any atom is 0.378 e. The van der Waals surface area contributed by atoms with Crippen molar-refractivity contribution in [2.24, 2.45) is 11.3 Å². The third-order valence-electron chi connectivity index (χ3n) is 5.20. The van der Waals surface area contributed by atoms with E-state index in [0.717, 1.165) is 31.7 Å². The van der Waals surface area contributed by atoms with Gasteiger partial charge in [-0.2, -0.15) is 8.78 Å². The molecule has 1 aliphatic carbocycles. The van der Waals surface area contributed by atoms with E-state index in [9.17, 15) is 22.8 Å². The summed E-state index contributed by atoms with van der Waals surface area (Å²) >= 11 is 0. The maximum absolute atomic E-state index is 14.0. The van der Waals surface area contributed by atoms with Crippen LogP contribution in [0.4, 0.5) is 13.2 Å². The molecule has 0 heterocycles. The summed E-state index contributed by atoms with van der Waals surface area (Å²) in [7, 11) is 0. The first-order chi connectivity index (χ1) is 12.5. The van der Waals surface area contributed by atoms with Gasteiger partial charge in [0.2, 0.25) is 0 Å². The Hall–Kier alpha value is -2.05. The zero-order valence-electron chi connectivity index (χ0n) is 15.7. The first kappa shape index (κ1) is 21.3. The van der Waals surface area contributed by atoms with Crippen LogP contribution in [0.1, 0.15) is 62.4 Å². The molecule has 1 aromatic carbocycles. The molecule has 1 aliphatic rings. The highest BCUT2D eigenvalue weighted by Gasteiger charge is 2.51. The van der Waals surface area contributed by atoms with Crippen LogP contribution in [0.2, 0.25) is 0 Å². The van der Waals surface area contributed by atoms with Gasteiger partial charge in [0.1, 0.15) is 5.82 Å². The van der Waals surface area contributed by atoms with Crippen LogP contribution in [-0.4, -0.2) is 29.1 Å². The fourth-order valence-electron chi connectivity index (χ4n) is 3.70. The number of hydrogen-bond donors (Lipinski definition) is 1. The Balaban J connectivity index is 2.31. The van der Waals surface area contributed by atoms with E-state index in [1.165, 1.54) is 26.0 Å². The molecule has 4 nitrogen and oxygen atoms in total. The van der Waals surface area contributed by atoms with Gasteiger partial charge < -0.3 is 9.84 Å². The first-order valence-electron chi connectivity index (χ1n) is 9.07. The van der Waals surface area contributed by atoms with Crippen LogP contribution in [0.25, 0.3) is 0 Å². The summed E-state index contributed by atoms with van der Waals surface area (Å²) < 4.78 is 46.6. The van der Waals surface area contributed by atoms with Crippen molar-refractivity contribution < 1.29 is 32.6 Å².